The number of rotatable bonds is 3. The van der Waals surface area contributed by atoms with Crippen LogP contribution in [0.2, 0.25) is 0 Å². The summed E-state index contributed by atoms with van der Waals surface area (Å²) in [4.78, 5) is 15.4. The molecule has 104 valence electrons. The molecule has 0 amide bonds. The summed E-state index contributed by atoms with van der Waals surface area (Å²) < 4.78 is 12.8. The first kappa shape index (κ1) is 14.9. The predicted molar refractivity (Wildman–Crippen MR) is 78.6 cm³/mol. The molecule has 1 aromatic carbocycles. The lowest BCUT2D eigenvalue weighted by Crippen LogP contribution is -1.93. The molecule has 2 atom stereocenters. The second-order valence-electron chi connectivity index (χ2n) is 4.74. The number of hydrogen-bond acceptors (Lipinski definition) is 2. The van der Waals surface area contributed by atoms with Crippen molar-refractivity contribution in [2.24, 2.45) is 5.92 Å². The first-order chi connectivity index (χ1) is 9.15. The van der Waals surface area contributed by atoms with Gasteiger partial charge in [0.05, 0.1) is 5.69 Å². The summed E-state index contributed by atoms with van der Waals surface area (Å²) in [6, 6.07) is 10.0. The Bertz CT molecular complexity index is 613. The Morgan fingerprint density at radius 2 is 1.90 bits per heavy atom. The highest BCUT2D eigenvalue weighted by Crippen LogP contribution is 2.48. The third-order valence-corrected chi connectivity index (χ3v) is 3.72. The second-order valence-corrected chi connectivity index (χ2v) is 5.11. The van der Waals surface area contributed by atoms with Gasteiger partial charge in [0.25, 0.3) is 0 Å². The van der Waals surface area contributed by atoms with Crippen LogP contribution in [0.1, 0.15) is 17.9 Å². The smallest absolute Gasteiger partial charge is 0.225 e. The second kappa shape index (κ2) is 5.90. The molecule has 1 heterocycles. The van der Waals surface area contributed by atoms with E-state index in [1.807, 2.05) is 12.1 Å². The fourth-order valence-corrected chi connectivity index (χ4v) is 2.47. The van der Waals surface area contributed by atoms with Gasteiger partial charge < -0.3 is 0 Å². The van der Waals surface area contributed by atoms with E-state index >= 15 is 0 Å². The van der Waals surface area contributed by atoms with Gasteiger partial charge in [0, 0.05) is 17.7 Å². The lowest BCUT2D eigenvalue weighted by molar-refractivity contribution is -0.112. The summed E-state index contributed by atoms with van der Waals surface area (Å²) in [5.74, 6) is -0.110. The Morgan fingerprint density at radius 3 is 2.40 bits per heavy atom. The summed E-state index contributed by atoms with van der Waals surface area (Å²) in [5, 5.41) is -0.271. The minimum absolute atomic E-state index is 0. The normalized spacial score (nSPS) is 20.1. The van der Waals surface area contributed by atoms with Crippen LogP contribution < -0.4 is 0 Å². The first-order valence-corrected chi connectivity index (χ1v) is 6.44. The quantitative estimate of drug-likeness (QED) is 0.796. The van der Waals surface area contributed by atoms with Crippen molar-refractivity contribution in [3.63, 3.8) is 0 Å². The van der Waals surface area contributed by atoms with Gasteiger partial charge in [0.1, 0.15) is 5.82 Å². The standard InChI is InChI=1S/C15H11ClFNO.ClH/c16-15(19)13-7-12(13)10-3-6-14(18-8-10)9-1-4-11(17)5-2-9;/h1-6,8,12-13H,7H2;1H/t12-,13+;/m0./s1. The Balaban J connectivity index is 0.00000147. The Morgan fingerprint density at radius 1 is 1.20 bits per heavy atom. The topological polar surface area (TPSA) is 30.0 Å². The molecule has 2 nitrogen and oxygen atoms in total. The van der Waals surface area contributed by atoms with Gasteiger partial charge >= 0.3 is 0 Å². The molecule has 1 saturated carbocycles. The van der Waals surface area contributed by atoms with E-state index in [0.29, 0.717) is 0 Å². The maximum atomic E-state index is 12.8. The van der Waals surface area contributed by atoms with Gasteiger partial charge in [0.15, 0.2) is 0 Å². The number of aromatic nitrogens is 1. The third-order valence-electron chi connectivity index (χ3n) is 3.44. The van der Waals surface area contributed by atoms with Crippen molar-refractivity contribution in [3.05, 3.63) is 54.0 Å². The Kier molecular flexibility index (Phi) is 4.41. The van der Waals surface area contributed by atoms with Crippen LogP contribution in [-0.4, -0.2) is 10.2 Å². The van der Waals surface area contributed by atoms with Crippen LogP contribution in [0.5, 0.6) is 0 Å². The summed E-state index contributed by atoms with van der Waals surface area (Å²) in [6.45, 7) is 0. The van der Waals surface area contributed by atoms with E-state index in [2.05, 4.69) is 4.98 Å². The molecule has 0 aliphatic heterocycles. The molecule has 0 radical (unpaired) electrons. The number of benzene rings is 1. The van der Waals surface area contributed by atoms with Gasteiger partial charge in [-0.3, -0.25) is 9.78 Å². The minimum atomic E-state index is -0.271. The van der Waals surface area contributed by atoms with Gasteiger partial charge in [-0.25, -0.2) is 4.39 Å². The van der Waals surface area contributed by atoms with Crippen LogP contribution in [0.15, 0.2) is 42.6 Å². The van der Waals surface area contributed by atoms with Gasteiger partial charge in [-0.05, 0) is 59.8 Å². The Hall–Kier alpha value is -1.45. The molecule has 5 heteroatoms. The fourth-order valence-electron chi connectivity index (χ4n) is 2.23. The molecule has 2 aromatic rings. The molecule has 3 rings (SSSR count). The molecule has 0 N–H and O–H groups in total. The monoisotopic (exact) mass is 311 g/mol. The van der Waals surface area contributed by atoms with Gasteiger partial charge in [0.2, 0.25) is 5.24 Å². The minimum Gasteiger partial charge on any atom is -0.281 e. The molecular formula is C15H12Cl2FNO. The van der Waals surface area contributed by atoms with Crippen molar-refractivity contribution >= 4 is 29.3 Å². The van der Waals surface area contributed by atoms with Crippen LogP contribution in [0.3, 0.4) is 0 Å². The van der Waals surface area contributed by atoms with Crippen molar-refractivity contribution in [2.45, 2.75) is 12.3 Å². The molecule has 1 aliphatic rings. The van der Waals surface area contributed by atoms with Crippen LogP contribution in [0.4, 0.5) is 4.39 Å². The third kappa shape index (κ3) is 3.00. The summed E-state index contributed by atoms with van der Waals surface area (Å²) in [7, 11) is 0. The number of carbonyl (C=O) groups excluding carboxylic acids is 1. The molecule has 0 unspecified atom stereocenters. The number of carbonyl (C=O) groups is 1. The molecular weight excluding hydrogens is 300 g/mol. The van der Waals surface area contributed by atoms with Gasteiger partial charge in [-0.1, -0.05) is 6.07 Å². The SMILES string of the molecule is Cl.O=C(Cl)[C@@H]1C[C@H]1c1ccc(-c2ccc(F)cc2)nc1. The van der Waals surface area contributed by atoms with Crippen molar-refractivity contribution < 1.29 is 9.18 Å². The van der Waals surface area contributed by atoms with E-state index in [-0.39, 0.29) is 35.3 Å². The number of pyridine rings is 1. The molecule has 1 aromatic heterocycles. The van der Waals surface area contributed by atoms with Crippen LogP contribution in [0.25, 0.3) is 11.3 Å². The van der Waals surface area contributed by atoms with Crippen molar-refractivity contribution in [1.29, 1.82) is 0 Å². The largest absolute Gasteiger partial charge is 0.281 e. The Labute approximate surface area is 127 Å². The zero-order chi connectivity index (χ0) is 13.4. The average molecular weight is 312 g/mol. The van der Waals surface area contributed by atoms with Crippen molar-refractivity contribution in [3.8, 4) is 11.3 Å². The average Bonchev–Trinajstić information content (AvgIpc) is 3.20. The van der Waals surface area contributed by atoms with E-state index in [1.165, 1.54) is 12.1 Å². The lowest BCUT2D eigenvalue weighted by atomic mass is 10.1. The molecule has 1 fully saturated rings. The zero-order valence-corrected chi connectivity index (χ0v) is 12.0. The van der Waals surface area contributed by atoms with Crippen LogP contribution in [0, 0.1) is 11.7 Å². The number of hydrogen-bond donors (Lipinski definition) is 0. The maximum absolute atomic E-state index is 12.8. The number of nitrogens with zero attached hydrogens (tertiary/aromatic N) is 1. The highest BCUT2D eigenvalue weighted by Gasteiger charge is 2.43. The van der Waals surface area contributed by atoms with E-state index in [0.717, 1.165) is 23.2 Å². The van der Waals surface area contributed by atoms with E-state index in [1.54, 1.807) is 18.3 Å². The predicted octanol–water partition coefficient (Wildman–Crippen LogP) is 4.18. The molecule has 0 bridgehead atoms. The van der Waals surface area contributed by atoms with Crippen molar-refractivity contribution in [2.75, 3.05) is 0 Å². The molecule has 1 aliphatic carbocycles. The summed E-state index contributed by atoms with van der Waals surface area (Å²) in [5.41, 5.74) is 2.69. The highest BCUT2D eigenvalue weighted by atomic mass is 35.5. The van der Waals surface area contributed by atoms with E-state index in [9.17, 15) is 9.18 Å². The van der Waals surface area contributed by atoms with Gasteiger partial charge in [-0.2, -0.15) is 0 Å². The maximum Gasteiger partial charge on any atom is 0.225 e. The van der Waals surface area contributed by atoms with E-state index < -0.39 is 0 Å². The summed E-state index contributed by atoms with van der Waals surface area (Å²) >= 11 is 5.47. The zero-order valence-electron chi connectivity index (χ0n) is 10.4. The molecule has 20 heavy (non-hydrogen) atoms. The summed E-state index contributed by atoms with van der Waals surface area (Å²) in [6.07, 6.45) is 2.57. The number of halogens is 3. The first-order valence-electron chi connectivity index (χ1n) is 6.06. The fraction of sp³-hybridized carbons (Fsp3) is 0.200. The van der Waals surface area contributed by atoms with E-state index in [4.69, 9.17) is 11.6 Å². The molecule has 0 spiro atoms. The highest BCUT2D eigenvalue weighted by molar-refractivity contribution is 6.64. The lowest BCUT2D eigenvalue weighted by Gasteiger charge is -2.03. The van der Waals surface area contributed by atoms with Crippen molar-refractivity contribution in [1.82, 2.24) is 4.98 Å². The van der Waals surface area contributed by atoms with Crippen LogP contribution in [-0.2, 0) is 4.79 Å². The van der Waals surface area contributed by atoms with Crippen LogP contribution >= 0.6 is 24.0 Å². The van der Waals surface area contributed by atoms with Gasteiger partial charge in [-0.15, -0.1) is 12.4 Å². The molecule has 0 saturated heterocycles.